The summed E-state index contributed by atoms with van der Waals surface area (Å²) in [5.74, 6) is -0.137. The fraction of sp³-hybridized carbons (Fsp3) is 0.200. The minimum absolute atomic E-state index is 0.0387. The molecule has 3 N–H and O–H groups in total. The summed E-state index contributed by atoms with van der Waals surface area (Å²) in [5.41, 5.74) is 3.49. The van der Waals surface area contributed by atoms with Crippen LogP contribution in [0.1, 0.15) is 21.6 Å². The molecule has 0 fully saturated rings. The van der Waals surface area contributed by atoms with Crippen molar-refractivity contribution >= 4 is 17.4 Å². The van der Waals surface area contributed by atoms with Gasteiger partial charge in [-0.3, -0.25) is 4.79 Å². The first-order valence-corrected chi connectivity index (χ1v) is 6.48. The van der Waals surface area contributed by atoms with Gasteiger partial charge in [0.15, 0.2) is 11.6 Å². The number of nitrogens with one attached hydrogen (secondary N) is 2. The number of aryl methyl sites for hydroxylation is 1. The summed E-state index contributed by atoms with van der Waals surface area (Å²) in [6.45, 7) is 2.70. The van der Waals surface area contributed by atoms with Crippen LogP contribution in [0.15, 0.2) is 30.3 Å². The monoisotopic (exact) mass is 269 g/mol. The fourth-order valence-electron chi connectivity index (χ4n) is 2.25. The largest absolute Gasteiger partial charge is 0.504 e. The van der Waals surface area contributed by atoms with E-state index >= 15 is 0 Å². The first kappa shape index (κ1) is 12.5. The standard InChI is InChI=1S/C15H15N3O2/c1-9-2-5-13(19)14(17-9)18-15(20)11-4-3-10-6-7-16-12(10)8-11/h2-5,8,16,19H,6-7H2,1H3,(H,17,18,20). The summed E-state index contributed by atoms with van der Waals surface area (Å²) < 4.78 is 0. The van der Waals surface area contributed by atoms with Gasteiger partial charge < -0.3 is 15.7 Å². The second-order valence-corrected chi connectivity index (χ2v) is 4.82. The van der Waals surface area contributed by atoms with Gasteiger partial charge >= 0.3 is 0 Å². The number of fused-ring (bicyclic) bond motifs is 1. The predicted molar refractivity (Wildman–Crippen MR) is 77.2 cm³/mol. The number of carbonyl (C=O) groups is 1. The highest BCUT2D eigenvalue weighted by molar-refractivity contribution is 6.05. The number of hydrogen-bond donors (Lipinski definition) is 3. The summed E-state index contributed by atoms with van der Waals surface area (Å²) in [7, 11) is 0. The van der Waals surface area contributed by atoms with E-state index in [-0.39, 0.29) is 17.5 Å². The normalized spacial score (nSPS) is 12.7. The van der Waals surface area contributed by atoms with Crippen LogP contribution in [0.25, 0.3) is 0 Å². The summed E-state index contributed by atoms with van der Waals surface area (Å²) in [6, 6.07) is 8.76. The van der Waals surface area contributed by atoms with Crippen molar-refractivity contribution in [3.05, 3.63) is 47.2 Å². The maximum Gasteiger partial charge on any atom is 0.256 e. The Morgan fingerprint density at radius 1 is 1.35 bits per heavy atom. The second-order valence-electron chi connectivity index (χ2n) is 4.82. The van der Waals surface area contributed by atoms with Gasteiger partial charge in [-0.25, -0.2) is 4.98 Å². The van der Waals surface area contributed by atoms with Gasteiger partial charge in [0.05, 0.1) is 0 Å². The molecule has 1 aliphatic heterocycles. The van der Waals surface area contributed by atoms with Crippen LogP contribution in [0.4, 0.5) is 11.5 Å². The van der Waals surface area contributed by atoms with E-state index in [0.29, 0.717) is 5.56 Å². The third-order valence-corrected chi connectivity index (χ3v) is 3.33. The van der Waals surface area contributed by atoms with Crippen molar-refractivity contribution in [3.8, 4) is 5.75 Å². The summed E-state index contributed by atoms with van der Waals surface area (Å²) in [4.78, 5) is 16.3. The van der Waals surface area contributed by atoms with Gasteiger partial charge in [0, 0.05) is 23.5 Å². The number of pyridine rings is 1. The molecule has 0 atom stereocenters. The number of amides is 1. The minimum atomic E-state index is -0.282. The van der Waals surface area contributed by atoms with Gasteiger partial charge in [-0.2, -0.15) is 0 Å². The number of anilines is 2. The zero-order valence-electron chi connectivity index (χ0n) is 11.1. The van der Waals surface area contributed by atoms with E-state index in [1.54, 1.807) is 19.1 Å². The molecular formula is C15H15N3O2. The Balaban J connectivity index is 1.84. The molecule has 3 rings (SSSR count). The quantitative estimate of drug-likeness (QED) is 0.782. The molecule has 1 aromatic carbocycles. The van der Waals surface area contributed by atoms with Crippen molar-refractivity contribution in [2.45, 2.75) is 13.3 Å². The first-order chi connectivity index (χ1) is 9.63. The van der Waals surface area contributed by atoms with Crippen molar-refractivity contribution in [1.29, 1.82) is 0 Å². The first-order valence-electron chi connectivity index (χ1n) is 6.48. The van der Waals surface area contributed by atoms with E-state index in [1.165, 1.54) is 11.6 Å². The van der Waals surface area contributed by atoms with Crippen molar-refractivity contribution < 1.29 is 9.90 Å². The molecule has 0 saturated heterocycles. The molecule has 0 radical (unpaired) electrons. The summed E-state index contributed by atoms with van der Waals surface area (Å²) >= 11 is 0. The van der Waals surface area contributed by atoms with E-state index in [4.69, 9.17) is 0 Å². The second kappa shape index (κ2) is 4.85. The number of hydrogen-bond acceptors (Lipinski definition) is 4. The van der Waals surface area contributed by atoms with E-state index in [2.05, 4.69) is 15.6 Å². The molecule has 1 aliphatic rings. The Hall–Kier alpha value is -2.56. The average Bonchev–Trinajstić information content (AvgIpc) is 2.90. The Morgan fingerprint density at radius 3 is 3.05 bits per heavy atom. The molecule has 0 spiro atoms. The van der Waals surface area contributed by atoms with Crippen molar-refractivity contribution in [2.75, 3.05) is 17.2 Å². The minimum Gasteiger partial charge on any atom is -0.504 e. The molecule has 0 unspecified atom stereocenters. The van der Waals surface area contributed by atoms with Crippen LogP contribution < -0.4 is 10.6 Å². The molecule has 5 nitrogen and oxygen atoms in total. The lowest BCUT2D eigenvalue weighted by atomic mass is 10.1. The molecule has 1 aromatic heterocycles. The van der Waals surface area contributed by atoms with Crippen LogP contribution in [-0.4, -0.2) is 22.5 Å². The van der Waals surface area contributed by atoms with Crippen molar-refractivity contribution in [2.24, 2.45) is 0 Å². The number of aromatic nitrogens is 1. The summed E-state index contributed by atoms with van der Waals surface area (Å²) in [6.07, 6.45) is 0.984. The van der Waals surface area contributed by atoms with Crippen molar-refractivity contribution in [3.63, 3.8) is 0 Å². The topological polar surface area (TPSA) is 74.2 Å². The predicted octanol–water partition coefficient (Wildman–Crippen LogP) is 2.32. The zero-order valence-corrected chi connectivity index (χ0v) is 11.1. The van der Waals surface area contributed by atoms with E-state index in [9.17, 15) is 9.90 Å². The Kier molecular flexibility index (Phi) is 3.02. The third-order valence-electron chi connectivity index (χ3n) is 3.33. The smallest absolute Gasteiger partial charge is 0.256 e. The Labute approximate surface area is 116 Å². The number of nitrogens with zero attached hydrogens (tertiary/aromatic N) is 1. The zero-order chi connectivity index (χ0) is 14.1. The van der Waals surface area contributed by atoms with Gasteiger partial charge in [-0.1, -0.05) is 6.07 Å². The van der Waals surface area contributed by atoms with Gasteiger partial charge in [0.1, 0.15) is 0 Å². The number of benzene rings is 1. The molecule has 20 heavy (non-hydrogen) atoms. The number of rotatable bonds is 2. The van der Waals surface area contributed by atoms with Crippen molar-refractivity contribution in [1.82, 2.24) is 4.98 Å². The van der Waals surface area contributed by atoms with Crippen LogP contribution in [-0.2, 0) is 6.42 Å². The molecule has 1 amide bonds. The molecule has 0 bridgehead atoms. The van der Waals surface area contributed by atoms with Crippen LogP contribution in [0.5, 0.6) is 5.75 Å². The highest BCUT2D eigenvalue weighted by Crippen LogP contribution is 2.25. The van der Waals surface area contributed by atoms with Gasteiger partial charge in [-0.15, -0.1) is 0 Å². The van der Waals surface area contributed by atoms with Crippen LogP contribution in [0.2, 0.25) is 0 Å². The van der Waals surface area contributed by atoms with Crippen LogP contribution >= 0.6 is 0 Å². The molecular weight excluding hydrogens is 254 g/mol. The van der Waals surface area contributed by atoms with E-state index in [0.717, 1.165) is 24.3 Å². The number of carbonyl (C=O) groups excluding carboxylic acids is 1. The molecule has 102 valence electrons. The van der Waals surface area contributed by atoms with Gasteiger partial charge in [0.2, 0.25) is 0 Å². The maximum absolute atomic E-state index is 12.2. The molecule has 2 aromatic rings. The molecule has 0 aliphatic carbocycles. The summed E-state index contributed by atoms with van der Waals surface area (Å²) in [5, 5.41) is 15.6. The van der Waals surface area contributed by atoms with Crippen LogP contribution in [0, 0.1) is 6.92 Å². The maximum atomic E-state index is 12.2. The van der Waals surface area contributed by atoms with E-state index in [1.807, 2.05) is 12.1 Å². The van der Waals surface area contributed by atoms with E-state index < -0.39 is 0 Å². The average molecular weight is 269 g/mol. The fourth-order valence-corrected chi connectivity index (χ4v) is 2.25. The lowest BCUT2D eigenvalue weighted by Crippen LogP contribution is -2.13. The van der Waals surface area contributed by atoms with Gasteiger partial charge in [0.25, 0.3) is 5.91 Å². The Bertz CT molecular complexity index is 683. The molecule has 5 heteroatoms. The highest BCUT2D eigenvalue weighted by Gasteiger charge is 2.15. The molecule has 0 saturated carbocycles. The Morgan fingerprint density at radius 2 is 2.20 bits per heavy atom. The highest BCUT2D eigenvalue weighted by atomic mass is 16.3. The molecule has 2 heterocycles. The lowest BCUT2D eigenvalue weighted by molar-refractivity contribution is 0.102. The lowest BCUT2D eigenvalue weighted by Gasteiger charge is -2.08. The SMILES string of the molecule is Cc1ccc(O)c(NC(=O)c2ccc3c(c2)NCC3)n1. The number of aromatic hydroxyl groups is 1. The third kappa shape index (κ3) is 2.30. The van der Waals surface area contributed by atoms with Gasteiger partial charge in [-0.05, 0) is 43.2 Å². The van der Waals surface area contributed by atoms with Crippen LogP contribution in [0.3, 0.4) is 0 Å².